The summed E-state index contributed by atoms with van der Waals surface area (Å²) in [6, 6.07) is 8.06. The van der Waals surface area contributed by atoms with Gasteiger partial charge < -0.3 is 9.30 Å². The molecule has 25 heavy (non-hydrogen) atoms. The Morgan fingerprint density at radius 1 is 1.36 bits per heavy atom. The highest BCUT2D eigenvalue weighted by atomic mass is 16.5. The van der Waals surface area contributed by atoms with Crippen LogP contribution >= 0.6 is 0 Å². The van der Waals surface area contributed by atoms with Crippen LogP contribution in [0.2, 0.25) is 0 Å². The maximum atomic E-state index is 12.4. The van der Waals surface area contributed by atoms with Gasteiger partial charge in [0, 0.05) is 36.7 Å². The molecule has 0 spiro atoms. The van der Waals surface area contributed by atoms with Gasteiger partial charge in [-0.1, -0.05) is 32.0 Å². The van der Waals surface area contributed by atoms with Crippen LogP contribution in [-0.4, -0.2) is 39.4 Å². The number of carbonyl (C=O) groups is 1. The summed E-state index contributed by atoms with van der Waals surface area (Å²) in [6.07, 6.45) is 2.28. The molecule has 1 aromatic carbocycles. The van der Waals surface area contributed by atoms with E-state index in [9.17, 15) is 4.79 Å². The summed E-state index contributed by atoms with van der Waals surface area (Å²) in [7, 11) is 1.68. The van der Waals surface area contributed by atoms with Gasteiger partial charge in [-0.25, -0.2) is 0 Å². The molecule has 2 heterocycles. The number of nitrogens with one attached hydrogen (secondary N) is 2. The fraction of sp³-hybridized carbons (Fsp3) is 0.389. The molecule has 7 heteroatoms. The van der Waals surface area contributed by atoms with Gasteiger partial charge in [0.15, 0.2) is 0 Å². The number of aromatic amines is 1. The summed E-state index contributed by atoms with van der Waals surface area (Å²) >= 11 is 0. The van der Waals surface area contributed by atoms with Gasteiger partial charge in [-0.3, -0.25) is 15.2 Å². The Morgan fingerprint density at radius 2 is 2.16 bits per heavy atom. The summed E-state index contributed by atoms with van der Waals surface area (Å²) in [5.41, 5.74) is 2.08. The molecule has 7 nitrogen and oxygen atoms in total. The third-order valence-electron chi connectivity index (χ3n) is 4.06. The zero-order valence-electron chi connectivity index (χ0n) is 14.7. The number of rotatable bonds is 7. The molecule has 0 saturated heterocycles. The third-order valence-corrected chi connectivity index (χ3v) is 4.06. The van der Waals surface area contributed by atoms with Gasteiger partial charge in [0.25, 0.3) is 0 Å². The fourth-order valence-electron chi connectivity index (χ4n) is 2.77. The van der Waals surface area contributed by atoms with E-state index >= 15 is 0 Å². The van der Waals surface area contributed by atoms with E-state index in [0.29, 0.717) is 12.6 Å². The van der Waals surface area contributed by atoms with Crippen LogP contribution in [0.4, 0.5) is 5.95 Å². The normalized spacial score (nSPS) is 11.4. The number of hydrogen-bond acceptors (Lipinski definition) is 4. The molecular formula is C18H23N5O2. The summed E-state index contributed by atoms with van der Waals surface area (Å²) in [4.78, 5) is 16.7. The number of carbonyl (C=O) groups excluding carboxylic acids is 1. The minimum atomic E-state index is -0.135. The van der Waals surface area contributed by atoms with Crippen molar-refractivity contribution < 1.29 is 9.53 Å². The lowest BCUT2D eigenvalue weighted by molar-refractivity contribution is -0.115. The first-order chi connectivity index (χ1) is 12.1. The SMILES string of the molecule is COCCn1cc(CC(=O)Nc2n[nH]c(C(C)C)n2)c2ccccc21. The van der Waals surface area contributed by atoms with E-state index in [4.69, 9.17) is 4.74 Å². The first-order valence-electron chi connectivity index (χ1n) is 8.36. The number of amides is 1. The second-order valence-electron chi connectivity index (χ2n) is 6.28. The second kappa shape index (κ2) is 7.48. The smallest absolute Gasteiger partial charge is 0.248 e. The standard InChI is InChI=1S/C18H23N5O2/c1-12(2)17-20-18(22-21-17)19-16(24)10-13-11-23(8-9-25-3)15-7-5-4-6-14(13)15/h4-7,11-12H,8-10H2,1-3H3,(H2,19,20,21,22,24). The molecule has 132 valence electrons. The van der Waals surface area contributed by atoms with Crippen LogP contribution in [0.15, 0.2) is 30.5 Å². The highest BCUT2D eigenvalue weighted by molar-refractivity contribution is 5.94. The van der Waals surface area contributed by atoms with Gasteiger partial charge in [0.05, 0.1) is 13.0 Å². The molecule has 0 aliphatic carbocycles. The second-order valence-corrected chi connectivity index (χ2v) is 6.28. The van der Waals surface area contributed by atoms with Crippen LogP contribution in [0.3, 0.4) is 0 Å². The van der Waals surface area contributed by atoms with Crippen LogP contribution in [0, 0.1) is 0 Å². The largest absolute Gasteiger partial charge is 0.383 e. The maximum absolute atomic E-state index is 12.4. The molecule has 0 aliphatic heterocycles. The lowest BCUT2D eigenvalue weighted by Crippen LogP contribution is -2.15. The Kier molecular flexibility index (Phi) is 5.14. The van der Waals surface area contributed by atoms with Crippen LogP contribution in [-0.2, 0) is 22.5 Å². The van der Waals surface area contributed by atoms with Crippen molar-refractivity contribution >= 4 is 22.8 Å². The Hall–Kier alpha value is -2.67. The predicted molar refractivity (Wildman–Crippen MR) is 96.6 cm³/mol. The summed E-state index contributed by atoms with van der Waals surface area (Å²) < 4.78 is 7.28. The molecule has 0 radical (unpaired) electrons. The molecule has 3 rings (SSSR count). The molecule has 0 bridgehead atoms. The van der Waals surface area contributed by atoms with Crippen molar-refractivity contribution in [1.29, 1.82) is 0 Å². The number of hydrogen-bond donors (Lipinski definition) is 2. The Morgan fingerprint density at radius 3 is 2.88 bits per heavy atom. The van der Waals surface area contributed by atoms with E-state index in [0.717, 1.165) is 28.8 Å². The van der Waals surface area contributed by atoms with Crippen molar-refractivity contribution in [2.45, 2.75) is 32.7 Å². The van der Waals surface area contributed by atoms with Crippen LogP contribution in [0.1, 0.15) is 31.2 Å². The molecule has 0 fully saturated rings. The average Bonchev–Trinajstić information content (AvgIpc) is 3.19. The topological polar surface area (TPSA) is 84.8 Å². The molecular weight excluding hydrogens is 318 g/mol. The maximum Gasteiger partial charge on any atom is 0.248 e. The number of benzene rings is 1. The number of H-pyrrole nitrogens is 1. The molecule has 2 N–H and O–H groups in total. The number of methoxy groups -OCH3 is 1. The minimum Gasteiger partial charge on any atom is -0.383 e. The van der Waals surface area contributed by atoms with Crippen molar-refractivity contribution in [3.8, 4) is 0 Å². The number of anilines is 1. The first kappa shape index (κ1) is 17.2. The van der Waals surface area contributed by atoms with Crippen molar-refractivity contribution in [1.82, 2.24) is 19.7 Å². The van der Waals surface area contributed by atoms with E-state index in [1.165, 1.54) is 0 Å². The summed E-state index contributed by atoms with van der Waals surface area (Å²) in [5.74, 6) is 1.17. The Bertz CT molecular complexity index is 865. The third kappa shape index (κ3) is 3.88. The quantitative estimate of drug-likeness (QED) is 0.692. The molecule has 0 saturated carbocycles. The van der Waals surface area contributed by atoms with Gasteiger partial charge in [0.1, 0.15) is 5.82 Å². The van der Waals surface area contributed by atoms with Crippen LogP contribution in [0.25, 0.3) is 10.9 Å². The van der Waals surface area contributed by atoms with Crippen LogP contribution in [0.5, 0.6) is 0 Å². The summed E-state index contributed by atoms with van der Waals surface area (Å²) in [6.45, 7) is 5.40. The zero-order valence-corrected chi connectivity index (χ0v) is 14.7. The number of nitrogens with zero attached hydrogens (tertiary/aromatic N) is 3. The molecule has 3 aromatic rings. The molecule has 0 unspecified atom stereocenters. The van der Waals surface area contributed by atoms with E-state index in [-0.39, 0.29) is 18.2 Å². The fourth-order valence-corrected chi connectivity index (χ4v) is 2.77. The van der Waals surface area contributed by atoms with Gasteiger partial charge in [0.2, 0.25) is 11.9 Å². The molecule has 0 atom stereocenters. The lowest BCUT2D eigenvalue weighted by Gasteiger charge is -2.03. The Labute approximate surface area is 146 Å². The van der Waals surface area contributed by atoms with Gasteiger partial charge in [-0.05, 0) is 11.6 Å². The zero-order chi connectivity index (χ0) is 17.8. The van der Waals surface area contributed by atoms with E-state index < -0.39 is 0 Å². The van der Waals surface area contributed by atoms with Crippen molar-refractivity contribution in [3.63, 3.8) is 0 Å². The predicted octanol–water partition coefficient (Wildman–Crippen LogP) is 2.71. The number of ether oxygens (including phenoxy) is 1. The highest BCUT2D eigenvalue weighted by Gasteiger charge is 2.14. The molecule has 0 aliphatic rings. The number of aromatic nitrogens is 4. The van der Waals surface area contributed by atoms with E-state index in [1.54, 1.807) is 7.11 Å². The van der Waals surface area contributed by atoms with E-state index in [1.807, 2.05) is 38.2 Å². The minimum absolute atomic E-state index is 0.135. The van der Waals surface area contributed by atoms with E-state index in [2.05, 4.69) is 31.1 Å². The van der Waals surface area contributed by atoms with Crippen molar-refractivity contribution in [2.24, 2.45) is 0 Å². The number of fused-ring (bicyclic) bond motifs is 1. The van der Waals surface area contributed by atoms with Crippen molar-refractivity contribution in [3.05, 3.63) is 41.9 Å². The van der Waals surface area contributed by atoms with Crippen molar-refractivity contribution in [2.75, 3.05) is 19.0 Å². The Balaban J connectivity index is 1.76. The molecule has 2 aromatic heterocycles. The van der Waals surface area contributed by atoms with Gasteiger partial charge >= 0.3 is 0 Å². The monoisotopic (exact) mass is 341 g/mol. The summed E-state index contributed by atoms with van der Waals surface area (Å²) in [5, 5.41) is 10.7. The average molecular weight is 341 g/mol. The highest BCUT2D eigenvalue weighted by Crippen LogP contribution is 2.22. The van der Waals surface area contributed by atoms with Gasteiger partial charge in [-0.15, -0.1) is 5.10 Å². The first-order valence-corrected chi connectivity index (χ1v) is 8.36. The molecule has 1 amide bonds. The van der Waals surface area contributed by atoms with Crippen LogP contribution < -0.4 is 5.32 Å². The lowest BCUT2D eigenvalue weighted by atomic mass is 10.1. The number of para-hydroxylation sites is 1. The van der Waals surface area contributed by atoms with Gasteiger partial charge in [-0.2, -0.15) is 4.98 Å².